The van der Waals surface area contributed by atoms with Gasteiger partial charge in [0.15, 0.2) is 0 Å². The van der Waals surface area contributed by atoms with E-state index in [9.17, 15) is 23.1 Å². The van der Waals surface area contributed by atoms with Crippen LogP contribution in [0.4, 0.5) is 23.7 Å². The van der Waals surface area contributed by atoms with Gasteiger partial charge >= 0.3 is 12.2 Å². The van der Waals surface area contributed by atoms with Crippen LogP contribution in [0.25, 0.3) is 0 Å². The van der Waals surface area contributed by atoms with Crippen molar-refractivity contribution in [2.24, 2.45) is 5.92 Å². The Hall–Kier alpha value is -1.76. The average Bonchev–Trinajstić information content (AvgIpc) is 2.48. The fourth-order valence-corrected chi connectivity index (χ4v) is 2.72. The van der Waals surface area contributed by atoms with Crippen LogP contribution in [0.3, 0.4) is 0 Å². The van der Waals surface area contributed by atoms with E-state index >= 15 is 0 Å². The van der Waals surface area contributed by atoms with E-state index in [0.29, 0.717) is 18.7 Å². The highest BCUT2D eigenvalue weighted by Crippen LogP contribution is 2.32. The van der Waals surface area contributed by atoms with Crippen LogP contribution in [0.5, 0.6) is 0 Å². The Balaban J connectivity index is 2.11. The minimum Gasteiger partial charge on any atom is -0.393 e. The summed E-state index contributed by atoms with van der Waals surface area (Å²) in [4.78, 5) is 13.8. The number of hydrogen-bond donors (Lipinski definition) is 2. The van der Waals surface area contributed by atoms with E-state index in [1.165, 1.54) is 6.07 Å². The molecule has 2 atom stereocenters. The summed E-state index contributed by atoms with van der Waals surface area (Å²) >= 11 is 0. The van der Waals surface area contributed by atoms with Crippen molar-refractivity contribution in [1.29, 1.82) is 0 Å². The van der Waals surface area contributed by atoms with Crippen LogP contribution in [-0.4, -0.2) is 35.2 Å². The number of aliphatic hydroxyl groups is 1. The lowest BCUT2D eigenvalue weighted by Crippen LogP contribution is -2.44. The van der Waals surface area contributed by atoms with Crippen LogP contribution in [0, 0.1) is 12.8 Å². The van der Waals surface area contributed by atoms with E-state index < -0.39 is 23.9 Å². The number of amides is 2. The maximum atomic E-state index is 12.8. The number of nitrogens with one attached hydrogen (secondary N) is 1. The van der Waals surface area contributed by atoms with Crippen molar-refractivity contribution in [2.75, 3.05) is 18.4 Å². The van der Waals surface area contributed by atoms with Crippen molar-refractivity contribution < 1.29 is 23.1 Å². The van der Waals surface area contributed by atoms with Crippen molar-refractivity contribution in [3.05, 3.63) is 29.3 Å². The molecule has 1 saturated heterocycles. The Bertz CT molecular complexity index is 573. The third-order valence-electron chi connectivity index (χ3n) is 4.23. The summed E-state index contributed by atoms with van der Waals surface area (Å²) in [5.41, 5.74) is -0.0710. The summed E-state index contributed by atoms with van der Waals surface area (Å²) in [5.74, 6) is -0.00268. The van der Waals surface area contributed by atoms with Gasteiger partial charge in [-0.15, -0.1) is 0 Å². The Morgan fingerprint density at radius 2 is 2.13 bits per heavy atom. The molecule has 4 nitrogen and oxygen atoms in total. The molecule has 0 aromatic heterocycles. The molecule has 2 amide bonds. The molecule has 2 rings (SSSR count). The number of alkyl halides is 3. The predicted molar refractivity (Wildman–Crippen MR) is 81.2 cm³/mol. The van der Waals surface area contributed by atoms with Crippen LogP contribution in [0.2, 0.25) is 0 Å². The summed E-state index contributed by atoms with van der Waals surface area (Å²) in [6, 6.07) is 2.85. The van der Waals surface area contributed by atoms with E-state index in [2.05, 4.69) is 5.32 Å². The number of likely N-dealkylation sites (tertiary alicyclic amines) is 1. The summed E-state index contributed by atoms with van der Waals surface area (Å²) in [6.45, 7) is 4.27. The van der Waals surface area contributed by atoms with Crippen LogP contribution in [-0.2, 0) is 6.18 Å². The highest BCUT2D eigenvalue weighted by Gasteiger charge is 2.31. The number of aryl methyl sites for hydroxylation is 1. The first-order chi connectivity index (χ1) is 10.7. The van der Waals surface area contributed by atoms with E-state index in [4.69, 9.17) is 0 Å². The molecule has 1 aromatic carbocycles. The number of nitrogens with zero attached hydrogens (tertiary/aromatic N) is 1. The van der Waals surface area contributed by atoms with Crippen molar-refractivity contribution in [3.8, 4) is 0 Å². The van der Waals surface area contributed by atoms with Gasteiger partial charge in [-0.1, -0.05) is 6.07 Å². The highest BCUT2D eigenvalue weighted by atomic mass is 19.4. The quantitative estimate of drug-likeness (QED) is 0.870. The molecule has 0 spiro atoms. The number of hydrogen-bond acceptors (Lipinski definition) is 2. The number of carbonyl (C=O) groups is 1. The number of carbonyl (C=O) groups excluding carboxylic acids is 1. The highest BCUT2D eigenvalue weighted by molar-refractivity contribution is 5.90. The van der Waals surface area contributed by atoms with Gasteiger partial charge in [0.1, 0.15) is 0 Å². The maximum Gasteiger partial charge on any atom is 0.416 e. The first kappa shape index (κ1) is 17.6. The lowest BCUT2D eigenvalue weighted by atomic mass is 9.94. The average molecular weight is 330 g/mol. The molecule has 1 heterocycles. The van der Waals surface area contributed by atoms with E-state index in [1.54, 1.807) is 18.7 Å². The molecule has 0 aliphatic carbocycles. The molecule has 2 N–H and O–H groups in total. The summed E-state index contributed by atoms with van der Waals surface area (Å²) < 4.78 is 38.3. The van der Waals surface area contributed by atoms with Crippen LogP contribution >= 0.6 is 0 Å². The fourth-order valence-electron chi connectivity index (χ4n) is 2.72. The third kappa shape index (κ3) is 4.37. The zero-order valence-corrected chi connectivity index (χ0v) is 13.2. The van der Waals surface area contributed by atoms with Gasteiger partial charge in [0.2, 0.25) is 0 Å². The molecule has 0 saturated carbocycles. The Morgan fingerprint density at radius 1 is 1.43 bits per heavy atom. The van der Waals surface area contributed by atoms with Crippen molar-refractivity contribution in [2.45, 2.75) is 39.0 Å². The monoisotopic (exact) mass is 330 g/mol. The molecule has 1 aliphatic rings. The minimum atomic E-state index is -4.45. The lowest BCUT2D eigenvalue weighted by Gasteiger charge is -2.34. The lowest BCUT2D eigenvalue weighted by molar-refractivity contribution is -0.137. The molecular weight excluding hydrogens is 309 g/mol. The van der Waals surface area contributed by atoms with Gasteiger partial charge in [-0.25, -0.2) is 4.79 Å². The summed E-state index contributed by atoms with van der Waals surface area (Å²) in [5, 5.41) is 12.2. The van der Waals surface area contributed by atoms with Gasteiger partial charge in [-0.2, -0.15) is 13.2 Å². The van der Waals surface area contributed by atoms with E-state index in [1.807, 2.05) is 0 Å². The second-order valence-electron chi connectivity index (χ2n) is 6.05. The van der Waals surface area contributed by atoms with Crippen LogP contribution in [0.1, 0.15) is 30.9 Å². The van der Waals surface area contributed by atoms with Crippen molar-refractivity contribution >= 4 is 11.7 Å². The van der Waals surface area contributed by atoms with Crippen LogP contribution in [0.15, 0.2) is 18.2 Å². The van der Waals surface area contributed by atoms with E-state index in [-0.39, 0.29) is 11.6 Å². The first-order valence-electron chi connectivity index (χ1n) is 7.60. The van der Waals surface area contributed by atoms with Gasteiger partial charge in [0.25, 0.3) is 0 Å². The molecule has 7 heteroatoms. The predicted octanol–water partition coefficient (Wildman–Crippen LogP) is 3.64. The number of halogens is 3. The SMILES string of the molecule is Cc1ccc(C(F)(F)F)cc1NC(=O)N1CCCC(C(C)O)C1. The molecule has 1 aliphatic heterocycles. The van der Waals surface area contributed by atoms with E-state index in [0.717, 1.165) is 25.0 Å². The number of piperidine rings is 1. The third-order valence-corrected chi connectivity index (χ3v) is 4.23. The van der Waals surface area contributed by atoms with Gasteiger partial charge in [-0.05, 0) is 44.4 Å². The molecule has 0 radical (unpaired) electrons. The number of benzene rings is 1. The molecule has 128 valence electrons. The number of anilines is 1. The molecule has 23 heavy (non-hydrogen) atoms. The van der Waals surface area contributed by atoms with Crippen molar-refractivity contribution in [1.82, 2.24) is 4.90 Å². The van der Waals surface area contributed by atoms with Gasteiger partial charge in [0, 0.05) is 24.7 Å². The van der Waals surface area contributed by atoms with Crippen molar-refractivity contribution in [3.63, 3.8) is 0 Å². The maximum absolute atomic E-state index is 12.8. The standard InChI is InChI=1S/C16H21F3N2O2/c1-10-5-6-13(16(17,18)19)8-14(10)20-15(23)21-7-3-4-12(9-21)11(2)22/h5-6,8,11-12,22H,3-4,7,9H2,1-2H3,(H,20,23). The first-order valence-corrected chi connectivity index (χ1v) is 7.60. The van der Waals surface area contributed by atoms with Gasteiger partial charge < -0.3 is 15.3 Å². The largest absolute Gasteiger partial charge is 0.416 e. The number of aliphatic hydroxyl groups excluding tert-OH is 1. The molecule has 0 bridgehead atoms. The summed E-state index contributed by atoms with van der Waals surface area (Å²) in [6.07, 6.45) is -3.36. The normalized spacial score (nSPS) is 20.3. The fraction of sp³-hybridized carbons (Fsp3) is 0.562. The summed E-state index contributed by atoms with van der Waals surface area (Å²) in [7, 11) is 0. The molecule has 1 aromatic rings. The number of rotatable bonds is 2. The number of urea groups is 1. The smallest absolute Gasteiger partial charge is 0.393 e. The second kappa shape index (κ2) is 6.78. The van der Waals surface area contributed by atoms with Gasteiger partial charge in [-0.3, -0.25) is 0 Å². The Morgan fingerprint density at radius 3 is 2.74 bits per heavy atom. The molecule has 2 unspecified atom stereocenters. The minimum absolute atomic E-state index is 0.00268. The molecular formula is C16H21F3N2O2. The Labute approximate surface area is 133 Å². The zero-order valence-electron chi connectivity index (χ0n) is 13.2. The topological polar surface area (TPSA) is 52.6 Å². The Kier molecular flexibility index (Phi) is 5.19. The molecule has 1 fully saturated rings. The van der Waals surface area contributed by atoms with Gasteiger partial charge in [0.05, 0.1) is 11.7 Å². The van der Waals surface area contributed by atoms with Crippen LogP contribution < -0.4 is 5.32 Å². The zero-order chi connectivity index (χ0) is 17.2. The second-order valence-corrected chi connectivity index (χ2v) is 6.05.